The van der Waals surface area contributed by atoms with Gasteiger partial charge in [-0.3, -0.25) is 9.59 Å². The van der Waals surface area contributed by atoms with Gasteiger partial charge in [-0.05, 0) is 49.4 Å². The van der Waals surface area contributed by atoms with Gasteiger partial charge in [0.2, 0.25) is 5.91 Å². The van der Waals surface area contributed by atoms with Crippen molar-refractivity contribution >= 4 is 16.8 Å². The van der Waals surface area contributed by atoms with Crippen LogP contribution in [0, 0.1) is 17.1 Å². The topological polar surface area (TPSA) is 112 Å². The molecule has 0 unspecified atom stereocenters. The Morgan fingerprint density at radius 3 is 2.76 bits per heavy atom. The average molecular weight is 391 g/mol. The molecule has 7 nitrogen and oxygen atoms in total. The van der Waals surface area contributed by atoms with Gasteiger partial charge in [-0.1, -0.05) is 0 Å². The number of nitrogens with one attached hydrogen (secondary N) is 2. The number of nitriles is 1. The molecule has 2 heterocycles. The van der Waals surface area contributed by atoms with Crippen molar-refractivity contribution in [1.82, 2.24) is 20.3 Å². The Morgan fingerprint density at radius 1 is 1.38 bits per heavy atom. The van der Waals surface area contributed by atoms with Gasteiger partial charge in [0.15, 0.2) is 0 Å². The highest BCUT2D eigenvalue weighted by Crippen LogP contribution is 2.44. The summed E-state index contributed by atoms with van der Waals surface area (Å²) in [5.41, 5.74) is 1.71. The fourth-order valence-corrected chi connectivity index (χ4v) is 3.48. The van der Waals surface area contributed by atoms with E-state index in [2.05, 4.69) is 20.3 Å². The molecule has 0 spiro atoms. The predicted molar refractivity (Wildman–Crippen MR) is 104 cm³/mol. The van der Waals surface area contributed by atoms with Gasteiger partial charge in [0, 0.05) is 28.9 Å². The highest BCUT2D eigenvalue weighted by atomic mass is 19.1. The Morgan fingerprint density at radius 2 is 2.10 bits per heavy atom. The SMILES string of the molecule is C[C@@H](NC(=O)Cc1c(C2CC2)c2cc(F)ccc2[nH]c1=O)c1ncc(C#N)cn1. The number of carbonyl (C=O) groups excluding carboxylic acids is 1. The van der Waals surface area contributed by atoms with Gasteiger partial charge < -0.3 is 10.3 Å². The molecule has 1 aromatic carbocycles. The van der Waals surface area contributed by atoms with Gasteiger partial charge >= 0.3 is 0 Å². The van der Waals surface area contributed by atoms with Crippen molar-refractivity contribution in [2.24, 2.45) is 0 Å². The number of aromatic amines is 1. The van der Waals surface area contributed by atoms with Crippen LogP contribution in [0.2, 0.25) is 0 Å². The Balaban J connectivity index is 1.61. The summed E-state index contributed by atoms with van der Waals surface area (Å²) < 4.78 is 13.8. The number of hydrogen-bond acceptors (Lipinski definition) is 5. The molecule has 2 aromatic heterocycles. The molecule has 1 aliphatic rings. The van der Waals surface area contributed by atoms with E-state index >= 15 is 0 Å². The summed E-state index contributed by atoms with van der Waals surface area (Å²) in [6.45, 7) is 1.72. The molecule has 1 saturated carbocycles. The van der Waals surface area contributed by atoms with E-state index in [0.717, 1.165) is 18.4 Å². The number of aromatic nitrogens is 3. The largest absolute Gasteiger partial charge is 0.346 e. The van der Waals surface area contributed by atoms with Crippen LogP contribution < -0.4 is 10.9 Å². The molecule has 3 aromatic rings. The maximum atomic E-state index is 13.8. The zero-order chi connectivity index (χ0) is 20.5. The normalized spacial score (nSPS) is 14.4. The first-order valence-electron chi connectivity index (χ1n) is 9.32. The number of carbonyl (C=O) groups is 1. The van der Waals surface area contributed by atoms with Crippen LogP contribution in [-0.4, -0.2) is 20.9 Å². The maximum Gasteiger partial charge on any atom is 0.252 e. The fourth-order valence-electron chi connectivity index (χ4n) is 3.48. The summed E-state index contributed by atoms with van der Waals surface area (Å²) in [6, 6.07) is 5.71. The third kappa shape index (κ3) is 3.85. The van der Waals surface area contributed by atoms with E-state index in [1.807, 2.05) is 6.07 Å². The quantitative estimate of drug-likeness (QED) is 0.694. The lowest BCUT2D eigenvalue weighted by Gasteiger charge is -2.15. The van der Waals surface area contributed by atoms with Crippen molar-refractivity contribution in [3.8, 4) is 6.07 Å². The third-order valence-electron chi connectivity index (χ3n) is 5.01. The molecule has 1 atom stereocenters. The summed E-state index contributed by atoms with van der Waals surface area (Å²) >= 11 is 0. The Labute approximate surface area is 165 Å². The Bertz CT molecular complexity index is 1190. The van der Waals surface area contributed by atoms with E-state index in [-0.39, 0.29) is 29.6 Å². The lowest BCUT2D eigenvalue weighted by Crippen LogP contribution is -2.31. The average Bonchev–Trinajstić information content (AvgIpc) is 3.54. The van der Waals surface area contributed by atoms with Crippen molar-refractivity contribution in [2.45, 2.75) is 38.1 Å². The number of rotatable bonds is 5. The highest BCUT2D eigenvalue weighted by molar-refractivity contribution is 5.87. The first-order valence-corrected chi connectivity index (χ1v) is 9.32. The number of benzene rings is 1. The first kappa shape index (κ1) is 18.7. The molecule has 0 bridgehead atoms. The molecule has 1 amide bonds. The van der Waals surface area contributed by atoms with Crippen LogP contribution >= 0.6 is 0 Å². The summed E-state index contributed by atoms with van der Waals surface area (Å²) in [6.07, 6.45) is 4.49. The minimum absolute atomic E-state index is 0.117. The van der Waals surface area contributed by atoms with Gasteiger partial charge in [-0.2, -0.15) is 5.26 Å². The van der Waals surface area contributed by atoms with Crippen LogP contribution in [-0.2, 0) is 11.2 Å². The molecule has 4 rings (SSSR count). The molecule has 1 fully saturated rings. The van der Waals surface area contributed by atoms with Crippen LogP contribution in [0.1, 0.15) is 54.2 Å². The van der Waals surface area contributed by atoms with Gasteiger partial charge in [-0.15, -0.1) is 0 Å². The van der Waals surface area contributed by atoms with Crippen LogP contribution in [0.3, 0.4) is 0 Å². The van der Waals surface area contributed by atoms with E-state index in [0.29, 0.717) is 27.9 Å². The van der Waals surface area contributed by atoms with E-state index in [9.17, 15) is 14.0 Å². The van der Waals surface area contributed by atoms with Gasteiger partial charge in [-0.25, -0.2) is 14.4 Å². The van der Waals surface area contributed by atoms with Crippen molar-refractivity contribution in [2.75, 3.05) is 0 Å². The summed E-state index contributed by atoms with van der Waals surface area (Å²) in [4.78, 5) is 36.2. The number of H-pyrrole nitrogens is 1. The maximum absolute atomic E-state index is 13.8. The lowest BCUT2D eigenvalue weighted by atomic mass is 9.97. The summed E-state index contributed by atoms with van der Waals surface area (Å²) in [7, 11) is 0. The highest BCUT2D eigenvalue weighted by Gasteiger charge is 2.30. The zero-order valence-corrected chi connectivity index (χ0v) is 15.7. The number of pyridine rings is 1. The Kier molecular flexibility index (Phi) is 4.80. The molecule has 0 saturated heterocycles. The number of hydrogen-bond donors (Lipinski definition) is 2. The van der Waals surface area contributed by atoms with Crippen LogP contribution in [0.25, 0.3) is 10.9 Å². The molecule has 1 aliphatic carbocycles. The van der Waals surface area contributed by atoms with Crippen LogP contribution in [0.5, 0.6) is 0 Å². The third-order valence-corrected chi connectivity index (χ3v) is 5.01. The van der Waals surface area contributed by atoms with Crippen molar-refractivity contribution in [3.63, 3.8) is 0 Å². The van der Waals surface area contributed by atoms with Crippen molar-refractivity contribution < 1.29 is 9.18 Å². The van der Waals surface area contributed by atoms with E-state index in [1.54, 1.807) is 13.0 Å². The number of fused-ring (bicyclic) bond motifs is 1. The zero-order valence-electron chi connectivity index (χ0n) is 15.7. The molecule has 29 heavy (non-hydrogen) atoms. The minimum atomic E-state index is -0.489. The van der Waals surface area contributed by atoms with Crippen LogP contribution in [0.15, 0.2) is 35.4 Å². The van der Waals surface area contributed by atoms with Gasteiger partial charge in [0.25, 0.3) is 5.56 Å². The molecular formula is C21H18FN5O2. The smallest absolute Gasteiger partial charge is 0.252 e. The predicted octanol–water partition coefficient (Wildman–Crippen LogP) is 2.63. The minimum Gasteiger partial charge on any atom is -0.346 e. The number of nitrogens with zero attached hydrogens (tertiary/aromatic N) is 3. The lowest BCUT2D eigenvalue weighted by molar-refractivity contribution is -0.121. The summed E-state index contributed by atoms with van der Waals surface area (Å²) in [5, 5.41) is 12.2. The second-order valence-corrected chi connectivity index (χ2v) is 7.22. The van der Waals surface area contributed by atoms with Crippen molar-refractivity contribution in [1.29, 1.82) is 5.26 Å². The standard InChI is InChI=1S/C21H18FN5O2/c1-11(20-24-9-12(8-23)10-25-20)26-18(28)7-16-19(13-2-3-13)15-6-14(22)4-5-17(15)27-21(16)29/h4-6,9-11,13H,2-3,7H2,1H3,(H,26,28)(H,27,29)/t11-/m1/s1. The molecule has 8 heteroatoms. The molecular weight excluding hydrogens is 373 g/mol. The molecule has 146 valence electrons. The molecule has 0 aliphatic heterocycles. The Hall–Kier alpha value is -3.60. The van der Waals surface area contributed by atoms with Crippen LogP contribution in [0.4, 0.5) is 4.39 Å². The van der Waals surface area contributed by atoms with E-state index in [4.69, 9.17) is 5.26 Å². The second-order valence-electron chi connectivity index (χ2n) is 7.22. The monoisotopic (exact) mass is 391 g/mol. The fraction of sp³-hybridized carbons (Fsp3) is 0.286. The second kappa shape index (κ2) is 7.43. The first-order chi connectivity index (χ1) is 14.0. The van der Waals surface area contributed by atoms with Crippen molar-refractivity contribution in [3.05, 3.63) is 69.3 Å². The van der Waals surface area contributed by atoms with E-state index < -0.39 is 6.04 Å². The van der Waals surface area contributed by atoms with E-state index in [1.165, 1.54) is 24.5 Å². The molecule has 2 N–H and O–H groups in total. The molecule has 0 radical (unpaired) electrons. The summed E-state index contributed by atoms with van der Waals surface area (Å²) in [5.74, 6) is -0.194. The van der Waals surface area contributed by atoms with Gasteiger partial charge in [0.1, 0.15) is 17.7 Å². The van der Waals surface area contributed by atoms with Gasteiger partial charge in [0.05, 0.1) is 18.0 Å². The number of amides is 1. The number of halogens is 1.